The first-order valence-corrected chi connectivity index (χ1v) is 6.35. The molecule has 0 saturated carbocycles. The van der Waals surface area contributed by atoms with E-state index in [0.29, 0.717) is 0 Å². The summed E-state index contributed by atoms with van der Waals surface area (Å²) in [6.07, 6.45) is 7.10. The fourth-order valence-corrected chi connectivity index (χ4v) is 2.57. The number of ketones is 1. The number of carbonyl (C=O) groups excluding carboxylic acids is 1. The summed E-state index contributed by atoms with van der Waals surface area (Å²) in [6, 6.07) is 4.61. The number of aromatic nitrogens is 1. The zero-order chi connectivity index (χ0) is 12.3. The summed E-state index contributed by atoms with van der Waals surface area (Å²) in [5, 5.41) is -0.0700. The normalized spacial score (nSPS) is 16.0. The summed E-state index contributed by atoms with van der Waals surface area (Å²) in [5.41, 5.74) is 0. The van der Waals surface area contributed by atoms with Crippen LogP contribution in [0.5, 0.6) is 0 Å². The van der Waals surface area contributed by atoms with E-state index >= 15 is 0 Å². The minimum absolute atomic E-state index is 0.0700. The quantitative estimate of drug-likeness (QED) is 0.775. The SMILES string of the molecule is O=C1C=CC=CN(S(=O)(=O)c2ccccn2)C1. The number of allylic oxidation sites excluding steroid dienone is 2. The topological polar surface area (TPSA) is 67.3 Å². The molecular weight excluding hydrogens is 240 g/mol. The number of hydrogen-bond donors (Lipinski definition) is 0. The van der Waals surface area contributed by atoms with Gasteiger partial charge in [0.1, 0.15) is 0 Å². The molecule has 0 bridgehead atoms. The Hall–Kier alpha value is -1.95. The van der Waals surface area contributed by atoms with E-state index in [1.807, 2.05) is 0 Å². The van der Waals surface area contributed by atoms with Crippen LogP contribution in [0.25, 0.3) is 0 Å². The Bertz CT molecular complexity index is 576. The fraction of sp³-hybridized carbons (Fsp3) is 0.0909. The van der Waals surface area contributed by atoms with Crippen LogP contribution in [0.3, 0.4) is 0 Å². The van der Waals surface area contributed by atoms with Crippen LogP contribution in [0.2, 0.25) is 0 Å². The number of sulfonamides is 1. The van der Waals surface area contributed by atoms with Crippen molar-refractivity contribution >= 4 is 15.8 Å². The van der Waals surface area contributed by atoms with Crippen LogP contribution in [0, 0.1) is 0 Å². The van der Waals surface area contributed by atoms with Gasteiger partial charge in [0.2, 0.25) is 0 Å². The lowest BCUT2D eigenvalue weighted by Crippen LogP contribution is -2.30. The molecule has 0 fully saturated rings. The molecule has 17 heavy (non-hydrogen) atoms. The van der Waals surface area contributed by atoms with Gasteiger partial charge in [-0.1, -0.05) is 12.1 Å². The molecule has 0 spiro atoms. The maximum Gasteiger partial charge on any atom is 0.281 e. The molecule has 1 aliphatic heterocycles. The van der Waals surface area contributed by atoms with Gasteiger partial charge in [-0.05, 0) is 24.3 Å². The highest BCUT2D eigenvalue weighted by molar-refractivity contribution is 7.89. The minimum Gasteiger partial charge on any atom is -0.293 e. The lowest BCUT2D eigenvalue weighted by Gasteiger charge is -2.17. The van der Waals surface area contributed by atoms with Crippen molar-refractivity contribution in [1.29, 1.82) is 0 Å². The summed E-state index contributed by atoms with van der Waals surface area (Å²) in [7, 11) is -3.74. The van der Waals surface area contributed by atoms with Crippen LogP contribution < -0.4 is 0 Å². The number of pyridine rings is 1. The van der Waals surface area contributed by atoms with Gasteiger partial charge in [-0.2, -0.15) is 8.42 Å². The van der Waals surface area contributed by atoms with E-state index in [2.05, 4.69) is 4.98 Å². The number of nitrogens with zero attached hydrogens (tertiary/aromatic N) is 2. The third kappa shape index (κ3) is 2.42. The molecule has 1 aromatic rings. The third-order valence-corrected chi connectivity index (χ3v) is 3.81. The van der Waals surface area contributed by atoms with Crippen LogP contribution in [0.1, 0.15) is 0 Å². The van der Waals surface area contributed by atoms with Crippen molar-refractivity contribution in [3.05, 3.63) is 48.8 Å². The van der Waals surface area contributed by atoms with E-state index in [1.165, 1.54) is 36.7 Å². The monoisotopic (exact) mass is 250 g/mol. The fourth-order valence-electron chi connectivity index (χ4n) is 1.35. The maximum absolute atomic E-state index is 12.1. The second-order valence-corrected chi connectivity index (χ2v) is 5.22. The number of carbonyl (C=O) groups is 1. The molecule has 0 radical (unpaired) electrons. The largest absolute Gasteiger partial charge is 0.293 e. The molecule has 2 rings (SSSR count). The van der Waals surface area contributed by atoms with Gasteiger partial charge in [0.15, 0.2) is 10.8 Å². The smallest absolute Gasteiger partial charge is 0.281 e. The van der Waals surface area contributed by atoms with Gasteiger partial charge in [0.05, 0.1) is 6.54 Å². The predicted octanol–water partition coefficient (Wildman–Crippen LogP) is 0.725. The van der Waals surface area contributed by atoms with Gasteiger partial charge < -0.3 is 0 Å². The van der Waals surface area contributed by atoms with E-state index in [0.717, 1.165) is 4.31 Å². The number of rotatable bonds is 2. The summed E-state index contributed by atoms with van der Waals surface area (Å²) in [6.45, 7) is -0.202. The second kappa shape index (κ2) is 4.50. The third-order valence-electron chi connectivity index (χ3n) is 2.17. The zero-order valence-corrected chi connectivity index (χ0v) is 9.67. The average molecular weight is 250 g/mol. The van der Waals surface area contributed by atoms with E-state index in [-0.39, 0.29) is 17.4 Å². The molecule has 0 amide bonds. The average Bonchev–Trinajstić information content (AvgIpc) is 2.55. The van der Waals surface area contributed by atoms with Gasteiger partial charge in [-0.25, -0.2) is 4.98 Å². The highest BCUT2D eigenvalue weighted by atomic mass is 32.2. The lowest BCUT2D eigenvalue weighted by atomic mass is 10.4. The number of hydrogen-bond acceptors (Lipinski definition) is 4. The molecule has 1 aromatic heterocycles. The molecule has 0 N–H and O–H groups in total. The van der Waals surface area contributed by atoms with E-state index in [1.54, 1.807) is 12.1 Å². The van der Waals surface area contributed by atoms with Crippen molar-refractivity contribution in [3.63, 3.8) is 0 Å². The predicted molar refractivity (Wildman–Crippen MR) is 61.4 cm³/mol. The standard InChI is InChI=1S/C11H10N2O3S/c14-10-5-2-4-8-13(9-10)17(15,16)11-6-1-3-7-12-11/h1-8H,9H2. The summed E-state index contributed by atoms with van der Waals surface area (Å²) in [5.74, 6) is -0.269. The molecule has 2 heterocycles. The van der Waals surface area contributed by atoms with Gasteiger partial charge in [0.25, 0.3) is 10.0 Å². The molecule has 88 valence electrons. The van der Waals surface area contributed by atoms with Gasteiger partial charge >= 0.3 is 0 Å². The summed E-state index contributed by atoms with van der Waals surface area (Å²) in [4.78, 5) is 15.1. The van der Waals surface area contributed by atoms with Crippen molar-refractivity contribution in [2.45, 2.75) is 5.03 Å². The van der Waals surface area contributed by atoms with E-state index in [9.17, 15) is 13.2 Å². The van der Waals surface area contributed by atoms with Crippen molar-refractivity contribution in [1.82, 2.24) is 9.29 Å². The van der Waals surface area contributed by atoms with Crippen molar-refractivity contribution in [2.75, 3.05) is 6.54 Å². The van der Waals surface area contributed by atoms with Gasteiger partial charge in [-0.15, -0.1) is 0 Å². The molecule has 0 saturated heterocycles. The summed E-state index contributed by atoms with van der Waals surface area (Å²) >= 11 is 0. The minimum atomic E-state index is -3.74. The molecule has 0 aromatic carbocycles. The molecule has 0 aliphatic carbocycles. The Labute approximate surface area is 99.1 Å². The lowest BCUT2D eigenvalue weighted by molar-refractivity contribution is -0.114. The van der Waals surface area contributed by atoms with E-state index < -0.39 is 10.0 Å². The highest BCUT2D eigenvalue weighted by Crippen LogP contribution is 2.14. The van der Waals surface area contributed by atoms with Crippen molar-refractivity contribution in [2.24, 2.45) is 0 Å². The molecular formula is C11H10N2O3S. The van der Waals surface area contributed by atoms with Crippen molar-refractivity contribution < 1.29 is 13.2 Å². The molecule has 6 heteroatoms. The summed E-state index contributed by atoms with van der Waals surface area (Å²) < 4.78 is 25.2. The molecule has 5 nitrogen and oxygen atoms in total. The van der Waals surface area contributed by atoms with Crippen LogP contribution in [0.15, 0.2) is 53.8 Å². The first kappa shape index (κ1) is 11.5. The first-order chi connectivity index (χ1) is 8.10. The van der Waals surface area contributed by atoms with Crippen LogP contribution in [-0.2, 0) is 14.8 Å². The Kier molecular flexibility index (Phi) is 3.06. The highest BCUT2D eigenvalue weighted by Gasteiger charge is 2.24. The van der Waals surface area contributed by atoms with Crippen molar-refractivity contribution in [3.8, 4) is 0 Å². The first-order valence-electron chi connectivity index (χ1n) is 4.91. The Morgan fingerprint density at radius 2 is 2.06 bits per heavy atom. The Morgan fingerprint density at radius 3 is 2.76 bits per heavy atom. The van der Waals surface area contributed by atoms with E-state index in [4.69, 9.17) is 0 Å². The second-order valence-electron chi connectivity index (χ2n) is 3.39. The molecule has 1 aliphatic rings. The Morgan fingerprint density at radius 1 is 1.24 bits per heavy atom. The maximum atomic E-state index is 12.1. The van der Waals surface area contributed by atoms with Crippen LogP contribution >= 0.6 is 0 Å². The zero-order valence-electron chi connectivity index (χ0n) is 8.85. The molecule has 0 atom stereocenters. The van der Waals surface area contributed by atoms with Crippen LogP contribution in [-0.4, -0.2) is 30.0 Å². The Balaban J connectivity index is 2.37. The van der Waals surface area contributed by atoms with Gasteiger partial charge in [-0.3, -0.25) is 9.10 Å². The van der Waals surface area contributed by atoms with Gasteiger partial charge in [0, 0.05) is 12.4 Å². The molecule has 0 unspecified atom stereocenters. The van der Waals surface area contributed by atoms with Crippen LogP contribution in [0.4, 0.5) is 0 Å².